The van der Waals surface area contributed by atoms with Crippen LogP contribution in [0.1, 0.15) is 56.8 Å². The van der Waals surface area contributed by atoms with E-state index in [4.69, 9.17) is 0 Å². The van der Waals surface area contributed by atoms with Crippen LogP contribution in [0.25, 0.3) is 0 Å². The number of halogens is 1. The minimum absolute atomic E-state index is 0.232. The van der Waals surface area contributed by atoms with Crippen molar-refractivity contribution in [2.75, 3.05) is 13.1 Å². The highest BCUT2D eigenvalue weighted by atomic mass is 19.1. The number of benzene rings is 1. The lowest BCUT2D eigenvalue weighted by atomic mass is 9.81. The minimum atomic E-state index is -0.634. The Morgan fingerprint density at radius 2 is 1.85 bits per heavy atom. The number of aliphatic hydroxyl groups excluding tert-OH is 1. The van der Waals surface area contributed by atoms with Crippen molar-refractivity contribution in [2.24, 2.45) is 0 Å². The first-order valence-corrected chi connectivity index (χ1v) is 7.74. The van der Waals surface area contributed by atoms with Crippen molar-refractivity contribution in [1.29, 1.82) is 0 Å². The molecule has 0 bridgehead atoms. The second-order valence-corrected chi connectivity index (χ2v) is 5.92. The van der Waals surface area contributed by atoms with Gasteiger partial charge in [-0.3, -0.25) is 4.90 Å². The molecule has 2 nitrogen and oxygen atoms in total. The van der Waals surface area contributed by atoms with Crippen LogP contribution < -0.4 is 0 Å². The van der Waals surface area contributed by atoms with E-state index in [-0.39, 0.29) is 11.4 Å². The van der Waals surface area contributed by atoms with Crippen molar-refractivity contribution >= 4 is 0 Å². The summed E-state index contributed by atoms with van der Waals surface area (Å²) >= 11 is 0. The van der Waals surface area contributed by atoms with Gasteiger partial charge in [-0.1, -0.05) is 26.0 Å². The zero-order valence-electron chi connectivity index (χ0n) is 12.8. The highest BCUT2D eigenvalue weighted by molar-refractivity contribution is 5.27. The van der Waals surface area contributed by atoms with Crippen molar-refractivity contribution in [3.63, 3.8) is 0 Å². The zero-order valence-corrected chi connectivity index (χ0v) is 12.8. The molecule has 1 aromatic rings. The molecule has 20 heavy (non-hydrogen) atoms. The van der Waals surface area contributed by atoms with Crippen LogP contribution in [0.4, 0.5) is 4.39 Å². The van der Waals surface area contributed by atoms with Crippen LogP contribution in [0.5, 0.6) is 0 Å². The van der Waals surface area contributed by atoms with Gasteiger partial charge in [0.2, 0.25) is 0 Å². The van der Waals surface area contributed by atoms with E-state index < -0.39 is 6.10 Å². The van der Waals surface area contributed by atoms with E-state index in [9.17, 15) is 9.50 Å². The lowest BCUT2D eigenvalue weighted by molar-refractivity contribution is -0.0296. The summed E-state index contributed by atoms with van der Waals surface area (Å²) in [6.45, 7) is 8.06. The van der Waals surface area contributed by atoms with Gasteiger partial charge in [-0.25, -0.2) is 4.39 Å². The molecule has 1 fully saturated rings. The number of aryl methyl sites for hydroxylation is 1. The van der Waals surface area contributed by atoms with Crippen LogP contribution in [-0.2, 0) is 0 Å². The Kier molecular flexibility index (Phi) is 4.82. The average molecular weight is 279 g/mol. The van der Waals surface area contributed by atoms with E-state index in [1.165, 1.54) is 18.9 Å². The number of aliphatic hydroxyl groups is 1. The molecule has 0 aromatic heterocycles. The lowest BCUT2D eigenvalue weighted by Crippen LogP contribution is -2.51. The molecule has 0 saturated carbocycles. The molecule has 3 heteroatoms. The Morgan fingerprint density at radius 1 is 1.25 bits per heavy atom. The normalized spacial score (nSPS) is 18.4. The maximum atomic E-state index is 13.8. The monoisotopic (exact) mass is 279 g/mol. The van der Waals surface area contributed by atoms with Crippen LogP contribution in [-0.4, -0.2) is 28.6 Å². The summed E-state index contributed by atoms with van der Waals surface area (Å²) in [5.41, 5.74) is 1.06. The largest absolute Gasteiger partial charge is 0.386 e. The van der Waals surface area contributed by atoms with Crippen molar-refractivity contribution in [1.82, 2.24) is 4.90 Å². The van der Waals surface area contributed by atoms with Gasteiger partial charge in [-0.05, 0) is 62.9 Å². The smallest absolute Gasteiger partial charge is 0.126 e. The van der Waals surface area contributed by atoms with Crippen LogP contribution >= 0.6 is 0 Å². The van der Waals surface area contributed by atoms with E-state index in [0.717, 1.165) is 25.9 Å². The van der Waals surface area contributed by atoms with Gasteiger partial charge < -0.3 is 5.11 Å². The summed E-state index contributed by atoms with van der Waals surface area (Å²) in [6.07, 6.45) is 3.50. The molecule has 1 atom stereocenters. The minimum Gasteiger partial charge on any atom is -0.386 e. The third kappa shape index (κ3) is 2.61. The lowest BCUT2D eigenvalue weighted by Gasteiger charge is -2.44. The van der Waals surface area contributed by atoms with Gasteiger partial charge in [-0.15, -0.1) is 0 Å². The molecule has 1 N–H and O–H groups in total. The topological polar surface area (TPSA) is 23.5 Å². The average Bonchev–Trinajstić information content (AvgIpc) is 2.98. The summed E-state index contributed by atoms with van der Waals surface area (Å²) < 4.78 is 13.8. The number of nitrogens with zero attached hydrogens (tertiary/aromatic N) is 1. The Bertz CT molecular complexity index is 450. The zero-order chi connectivity index (χ0) is 14.8. The molecule has 112 valence electrons. The molecule has 1 aliphatic heterocycles. The fourth-order valence-corrected chi connectivity index (χ4v) is 3.51. The SMILES string of the molecule is CCC(CC)(C(O)c1ccc(C)c(F)c1)N1CCCC1. The third-order valence-corrected chi connectivity index (χ3v) is 4.98. The number of likely N-dealkylation sites (tertiary alicyclic amines) is 1. The third-order valence-electron chi connectivity index (χ3n) is 4.98. The molecular formula is C17H26FNO. The van der Waals surface area contributed by atoms with Gasteiger partial charge in [0, 0.05) is 0 Å². The molecule has 1 aliphatic rings. The van der Waals surface area contributed by atoms with E-state index >= 15 is 0 Å². The van der Waals surface area contributed by atoms with Crippen LogP contribution in [0.3, 0.4) is 0 Å². The highest BCUT2D eigenvalue weighted by Crippen LogP contribution is 2.39. The number of hydrogen-bond donors (Lipinski definition) is 1. The maximum absolute atomic E-state index is 13.8. The standard InChI is InChI=1S/C17H26FNO/c1-4-17(5-2,19-10-6-7-11-19)16(20)14-9-8-13(3)15(18)12-14/h8-9,12,16,20H,4-7,10-11H2,1-3H3. The van der Waals surface area contributed by atoms with Crippen molar-refractivity contribution < 1.29 is 9.50 Å². The second-order valence-electron chi connectivity index (χ2n) is 5.92. The first-order valence-electron chi connectivity index (χ1n) is 7.74. The Labute approximate surface area is 121 Å². The predicted octanol–water partition coefficient (Wildman–Crippen LogP) is 3.82. The number of rotatable bonds is 5. The fourth-order valence-electron chi connectivity index (χ4n) is 3.51. The number of hydrogen-bond acceptors (Lipinski definition) is 2. The van der Waals surface area contributed by atoms with Gasteiger partial charge in [0.15, 0.2) is 0 Å². The van der Waals surface area contributed by atoms with E-state index in [0.29, 0.717) is 11.1 Å². The Morgan fingerprint density at radius 3 is 2.35 bits per heavy atom. The highest BCUT2D eigenvalue weighted by Gasteiger charge is 2.42. The molecule has 1 aromatic carbocycles. The Hall–Kier alpha value is -0.930. The van der Waals surface area contributed by atoms with Gasteiger partial charge >= 0.3 is 0 Å². The van der Waals surface area contributed by atoms with Crippen molar-refractivity contribution in [2.45, 2.75) is 58.1 Å². The molecule has 2 rings (SSSR count). The van der Waals surface area contributed by atoms with E-state index in [2.05, 4.69) is 18.7 Å². The molecule has 0 radical (unpaired) electrons. The van der Waals surface area contributed by atoms with Crippen LogP contribution in [0.2, 0.25) is 0 Å². The summed E-state index contributed by atoms with van der Waals surface area (Å²) in [7, 11) is 0. The molecule has 1 unspecified atom stereocenters. The van der Waals surface area contributed by atoms with Gasteiger partial charge in [0.25, 0.3) is 0 Å². The first kappa shape index (κ1) is 15.5. The Balaban J connectivity index is 2.34. The molecule has 1 heterocycles. The summed E-state index contributed by atoms with van der Waals surface area (Å²) in [4.78, 5) is 2.40. The van der Waals surface area contributed by atoms with E-state index in [1.807, 2.05) is 6.07 Å². The summed E-state index contributed by atoms with van der Waals surface area (Å²) in [5, 5.41) is 10.9. The second kappa shape index (κ2) is 6.23. The molecule has 0 spiro atoms. The first-order chi connectivity index (χ1) is 9.55. The van der Waals surface area contributed by atoms with Crippen molar-refractivity contribution in [3.8, 4) is 0 Å². The van der Waals surface area contributed by atoms with Crippen molar-refractivity contribution in [3.05, 3.63) is 35.1 Å². The molecule has 1 saturated heterocycles. The van der Waals surface area contributed by atoms with Gasteiger partial charge in [-0.2, -0.15) is 0 Å². The molecule has 0 aliphatic carbocycles. The van der Waals surface area contributed by atoms with Gasteiger partial charge in [0.1, 0.15) is 5.82 Å². The summed E-state index contributed by atoms with van der Waals surface area (Å²) in [6, 6.07) is 5.11. The van der Waals surface area contributed by atoms with Crippen LogP contribution in [0, 0.1) is 12.7 Å². The molecular weight excluding hydrogens is 253 g/mol. The van der Waals surface area contributed by atoms with Gasteiger partial charge in [0.05, 0.1) is 11.6 Å². The van der Waals surface area contributed by atoms with Crippen LogP contribution in [0.15, 0.2) is 18.2 Å². The fraction of sp³-hybridized carbons (Fsp3) is 0.647. The summed E-state index contributed by atoms with van der Waals surface area (Å²) in [5.74, 6) is -0.232. The molecule has 0 amide bonds. The van der Waals surface area contributed by atoms with E-state index in [1.54, 1.807) is 13.0 Å². The quantitative estimate of drug-likeness (QED) is 0.885. The predicted molar refractivity (Wildman–Crippen MR) is 80.2 cm³/mol. The maximum Gasteiger partial charge on any atom is 0.126 e.